The largest absolute Gasteiger partial charge is 0.477 e. The lowest BCUT2D eigenvalue weighted by atomic mass is 10.3. The van der Waals surface area contributed by atoms with Gasteiger partial charge in [-0.3, -0.25) is 4.40 Å². The van der Waals surface area contributed by atoms with Crippen molar-refractivity contribution in [2.24, 2.45) is 0 Å². The summed E-state index contributed by atoms with van der Waals surface area (Å²) in [4.78, 5) is 18.0. The van der Waals surface area contributed by atoms with Crippen LogP contribution >= 0.6 is 0 Å². The molecule has 0 atom stereocenters. The Hall–Kier alpha value is -1.88. The molecular weight excluding hydrogens is 242 g/mol. The fraction of sp³-hybridized carbons (Fsp3) is 0.429. The lowest BCUT2D eigenvalue weighted by Crippen LogP contribution is -2.23. The van der Waals surface area contributed by atoms with Gasteiger partial charge in [0.15, 0.2) is 0 Å². The Kier molecular flexibility index (Phi) is 3.21. The number of hydrogen-bond donors (Lipinski definition) is 1. The van der Waals surface area contributed by atoms with Gasteiger partial charge in [0.1, 0.15) is 11.5 Å². The Balaban J connectivity index is 1.88. The maximum atomic E-state index is 11.3. The Morgan fingerprint density at radius 2 is 2.11 bits per heavy atom. The van der Waals surface area contributed by atoms with Gasteiger partial charge in [-0.2, -0.15) is 0 Å². The predicted molar refractivity (Wildman–Crippen MR) is 71.5 cm³/mol. The minimum atomic E-state index is -0.911. The van der Waals surface area contributed by atoms with Crippen LogP contribution in [0.5, 0.6) is 0 Å². The molecule has 1 N–H and O–H groups in total. The Bertz CT molecular complexity index is 600. The second kappa shape index (κ2) is 5.01. The second-order valence-corrected chi connectivity index (χ2v) is 4.95. The maximum Gasteiger partial charge on any atom is 0.352 e. The van der Waals surface area contributed by atoms with Gasteiger partial charge in [0.05, 0.1) is 11.7 Å². The van der Waals surface area contributed by atoms with Gasteiger partial charge in [0, 0.05) is 13.0 Å². The summed E-state index contributed by atoms with van der Waals surface area (Å²) < 4.78 is 1.75. The van der Waals surface area contributed by atoms with Crippen molar-refractivity contribution in [1.29, 1.82) is 0 Å². The number of hydrogen-bond acceptors (Lipinski definition) is 3. The smallest absolute Gasteiger partial charge is 0.352 e. The quantitative estimate of drug-likeness (QED) is 0.907. The van der Waals surface area contributed by atoms with Crippen molar-refractivity contribution >= 4 is 11.5 Å². The molecule has 2 aromatic rings. The van der Waals surface area contributed by atoms with E-state index in [2.05, 4.69) is 9.88 Å². The SMILES string of the molecule is O=C(O)c1cccc2cnc(CCN3CCCC3)n12. The molecule has 0 unspecified atom stereocenters. The second-order valence-electron chi connectivity index (χ2n) is 4.95. The molecule has 3 rings (SSSR count). The average Bonchev–Trinajstić information content (AvgIpc) is 3.05. The van der Waals surface area contributed by atoms with E-state index in [1.807, 2.05) is 6.07 Å². The van der Waals surface area contributed by atoms with Crippen molar-refractivity contribution in [2.75, 3.05) is 19.6 Å². The third-order valence-electron chi connectivity index (χ3n) is 3.69. The van der Waals surface area contributed by atoms with Crippen LogP contribution in [-0.4, -0.2) is 45.0 Å². The highest BCUT2D eigenvalue weighted by Gasteiger charge is 2.15. The van der Waals surface area contributed by atoms with Crippen LogP contribution in [0.4, 0.5) is 0 Å². The summed E-state index contributed by atoms with van der Waals surface area (Å²) in [5.74, 6) is -0.0778. The number of nitrogens with zero attached hydrogens (tertiary/aromatic N) is 3. The summed E-state index contributed by atoms with van der Waals surface area (Å²) in [6.45, 7) is 3.25. The first-order chi connectivity index (χ1) is 9.25. The van der Waals surface area contributed by atoms with E-state index in [0.717, 1.165) is 37.4 Å². The minimum Gasteiger partial charge on any atom is -0.477 e. The molecule has 0 aromatic carbocycles. The summed E-state index contributed by atoms with van der Waals surface area (Å²) in [5, 5.41) is 9.25. The normalized spacial score (nSPS) is 16.2. The van der Waals surface area contributed by atoms with E-state index >= 15 is 0 Å². The molecule has 0 amide bonds. The van der Waals surface area contributed by atoms with Crippen LogP contribution in [-0.2, 0) is 6.42 Å². The Morgan fingerprint density at radius 1 is 1.32 bits per heavy atom. The van der Waals surface area contributed by atoms with Gasteiger partial charge in [-0.05, 0) is 38.1 Å². The molecule has 0 saturated carbocycles. The van der Waals surface area contributed by atoms with Crippen molar-refractivity contribution in [3.63, 3.8) is 0 Å². The van der Waals surface area contributed by atoms with Crippen molar-refractivity contribution < 1.29 is 9.90 Å². The van der Waals surface area contributed by atoms with Crippen LogP contribution in [0.25, 0.3) is 5.52 Å². The summed E-state index contributed by atoms with van der Waals surface area (Å²) in [6, 6.07) is 5.26. The lowest BCUT2D eigenvalue weighted by Gasteiger charge is -2.14. The molecule has 2 aromatic heterocycles. The number of carbonyl (C=O) groups is 1. The summed E-state index contributed by atoms with van der Waals surface area (Å²) in [7, 11) is 0. The van der Waals surface area contributed by atoms with E-state index < -0.39 is 5.97 Å². The average molecular weight is 259 g/mol. The van der Waals surface area contributed by atoms with Crippen molar-refractivity contribution in [3.8, 4) is 0 Å². The van der Waals surface area contributed by atoms with Crippen LogP contribution in [0.1, 0.15) is 29.2 Å². The maximum absolute atomic E-state index is 11.3. The molecule has 0 aliphatic carbocycles. The highest BCUT2D eigenvalue weighted by Crippen LogP contribution is 2.13. The molecule has 100 valence electrons. The van der Waals surface area contributed by atoms with Crippen LogP contribution in [0.15, 0.2) is 24.4 Å². The first kappa shape index (κ1) is 12.2. The molecule has 0 spiro atoms. The summed E-state index contributed by atoms with van der Waals surface area (Å²) in [5.41, 5.74) is 1.13. The van der Waals surface area contributed by atoms with Crippen LogP contribution < -0.4 is 0 Å². The molecule has 1 aliphatic rings. The van der Waals surface area contributed by atoms with Gasteiger partial charge >= 0.3 is 5.97 Å². The Labute approximate surface area is 111 Å². The van der Waals surface area contributed by atoms with Gasteiger partial charge < -0.3 is 10.0 Å². The summed E-state index contributed by atoms with van der Waals surface area (Å²) >= 11 is 0. The van der Waals surface area contributed by atoms with E-state index in [1.165, 1.54) is 12.8 Å². The molecule has 3 heterocycles. The zero-order valence-corrected chi connectivity index (χ0v) is 10.7. The number of pyridine rings is 1. The molecular formula is C14H17N3O2. The molecule has 5 heteroatoms. The molecule has 5 nitrogen and oxygen atoms in total. The number of fused-ring (bicyclic) bond motifs is 1. The topological polar surface area (TPSA) is 57.8 Å². The number of imidazole rings is 1. The molecule has 1 aliphatic heterocycles. The van der Waals surface area contributed by atoms with Crippen molar-refractivity contribution in [3.05, 3.63) is 35.9 Å². The number of aromatic carboxylic acids is 1. The van der Waals surface area contributed by atoms with Crippen molar-refractivity contribution in [2.45, 2.75) is 19.3 Å². The first-order valence-corrected chi connectivity index (χ1v) is 6.67. The summed E-state index contributed by atoms with van der Waals surface area (Å²) in [6.07, 6.45) is 5.07. The molecule has 0 bridgehead atoms. The third-order valence-corrected chi connectivity index (χ3v) is 3.69. The van der Waals surface area contributed by atoms with Gasteiger partial charge in [-0.25, -0.2) is 9.78 Å². The number of aromatic nitrogens is 2. The monoisotopic (exact) mass is 259 g/mol. The lowest BCUT2D eigenvalue weighted by molar-refractivity contribution is 0.0688. The molecule has 0 radical (unpaired) electrons. The number of likely N-dealkylation sites (tertiary alicyclic amines) is 1. The zero-order valence-electron chi connectivity index (χ0n) is 10.7. The molecule has 1 fully saturated rings. The molecule has 19 heavy (non-hydrogen) atoms. The van der Waals surface area contributed by atoms with Crippen LogP contribution in [0.2, 0.25) is 0 Å². The molecule has 1 saturated heterocycles. The highest BCUT2D eigenvalue weighted by atomic mass is 16.4. The van der Waals surface area contributed by atoms with E-state index in [9.17, 15) is 9.90 Å². The fourth-order valence-corrected chi connectivity index (χ4v) is 2.72. The highest BCUT2D eigenvalue weighted by molar-refractivity contribution is 5.86. The number of carboxylic acids is 1. The van der Waals surface area contributed by atoms with Gasteiger partial charge in [0.2, 0.25) is 0 Å². The van der Waals surface area contributed by atoms with Crippen LogP contribution in [0, 0.1) is 0 Å². The number of rotatable bonds is 4. The standard InChI is InChI=1S/C14H17N3O2/c18-14(19)12-5-3-4-11-10-15-13(17(11)12)6-9-16-7-1-2-8-16/h3-5,10H,1-2,6-9H2,(H,18,19). The zero-order chi connectivity index (χ0) is 13.2. The Morgan fingerprint density at radius 3 is 2.84 bits per heavy atom. The minimum absolute atomic E-state index is 0.284. The third kappa shape index (κ3) is 2.33. The van der Waals surface area contributed by atoms with Crippen molar-refractivity contribution in [1.82, 2.24) is 14.3 Å². The van der Waals surface area contributed by atoms with Gasteiger partial charge in [0.25, 0.3) is 0 Å². The van der Waals surface area contributed by atoms with E-state index in [1.54, 1.807) is 22.7 Å². The number of carboxylic acid groups (broad SMARTS) is 1. The van der Waals surface area contributed by atoms with Gasteiger partial charge in [-0.15, -0.1) is 0 Å². The van der Waals surface area contributed by atoms with E-state index in [4.69, 9.17) is 0 Å². The van der Waals surface area contributed by atoms with E-state index in [-0.39, 0.29) is 5.69 Å². The first-order valence-electron chi connectivity index (χ1n) is 6.67. The predicted octanol–water partition coefficient (Wildman–Crippen LogP) is 1.67. The van der Waals surface area contributed by atoms with E-state index in [0.29, 0.717) is 0 Å². The van der Waals surface area contributed by atoms with Crippen LogP contribution in [0.3, 0.4) is 0 Å². The fourth-order valence-electron chi connectivity index (χ4n) is 2.72. The van der Waals surface area contributed by atoms with Gasteiger partial charge in [-0.1, -0.05) is 6.07 Å².